The first-order chi connectivity index (χ1) is 12.2. The molecule has 2 fully saturated rings. The Hall–Kier alpha value is -2.43. The second kappa shape index (κ2) is 6.71. The van der Waals surface area contributed by atoms with E-state index in [0.717, 1.165) is 0 Å². The predicted octanol–water partition coefficient (Wildman–Crippen LogP) is -0.910. The van der Waals surface area contributed by atoms with Crippen molar-refractivity contribution in [3.05, 3.63) is 18.0 Å². The van der Waals surface area contributed by atoms with Crippen LogP contribution in [0.5, 0.6) is 6.01 Å². The van der Waals surface area contributed by atoms with Gasteiger partial charge in [0.1, 0.15) is 0 Å². The summed E-state index contributed by atoms with van der Waals surface area (Å²) in [5.74, 6) is -0.644. The van der Waals surface area contributed by atoms with Gasteiger partial charge in [0, 0.05) is 39.6 Å². The monoisotopic (exact) mass is 383 g/mol. The van der Waals surface area contributed by atoms with E-state index >= 15 is 0 Å². The van der Waals surface area contributed by atoms with Crippen molar-refractivity contribution in [2.45, 2.75) is 12.1 Å². The number of nitrogens with zero attached hydrogens (tertiary/aromatic N) is 5. The first-order valence-corrected chi connectivity index (χ1v) is 9.91. The minimum Gasteiger partial charge on any atom is -0.467 e. The highest BCUT2D eigenvalue weighted by molar-refractivity contribution is 7.91. The second-order valence-corrected chi connectivity index (χ2v) is 8.69. The van der Waals surface area contributed by atoms with Gasteiger partial charge in [0.25, 0.3) is 5.91 Å². The maximum absolute atomic E-state index is 12.9. The number of hydrogen-bond acceptors (Lipinski definition) is 7. The van der Waals surface area contributed by atoms with Crippen LogP contribution in [0.1, 0.15) is 10.4 Å². The fraction of sp³-hybridized carbons (Fsp3) is 0.600. The molecule has 0 N–H and O–H groups in total. The summed E-state index contributed by atoms with van der Waals surface area (Å²) in [5.41, 5.74) is 0.251. The summed E-state index contributed by atoms with van der Waals surface area (Å²) in [5, 5.41) is 0. The normalized spacial score (nSPS) is 24.1. The molecular weight excluding hydrogens is 362 g/mol. The van der Waals surface area contributed by atoms with Crippen LogP contribution in [0.3, 0.4) is 0 Å². The molecule has 2 saturated heterocycles. The molecule has 10 nitrogen and oxygen atoms in total. The number of methoxy groups -OCH3 is 1. The Morgan fingerprint density at radius 1 is 1.12 bits per heavy atom. The Bertz CT molecular complexity index is 810. The lowest BCUT2D eigenvalue weighted by atomic mass is 10.0. The van der Waals surface area contributed by atoms with Crippen LogP contribution in [0.2, 0.25) is 0 Å². The minimum absolute atomic E-state index is 0.139. The molecule has 2 aliphatic heterocycles. The fourth-order valence-electron chi connectivity index (χ4n) is 3.40. The number of carbonyl (C=O) groups is 2. The number of aromatic nitrogens is 2. The van der Waals surface area contributed by atoms with Crippen LogP contribution < -0.4 is 4.74 Å². The molecule has 0 bridgehead atoms. The third kappa shape index (κ3) is 3.30. The summed E-state index contributed by atoms with van der Waals surface area (Å²) in [6.07, 6.45) is 2.70. The molecule has 3 heterocycles. The first kappa shape index (κ1) is 18.4. The van der Waals surface area contributed by atoms with Crippen LogP contribution in [-0.4, -0.2) is 103 Å². The molecule has 3 rings (SSSR count). The lowest BCUT2D eigenvalue weighted by molar-refractivity contribution is 0.0392. The number of piperazine rings is 1. The van der Waals surface area contributed by atoms with Gasteiger partial charge in [-0.1, -0.05) is 0 Å². The fourth-order valence-corrected chi connectivity index (χ4v) is 5.38. The molecule has 1 aromatic rings. The van der Waals surface area contributed by atoms with E-state index in [0.29, 0.717) is 0 Å². The molecule has 0 aliphatic carbocycles. The highest BCUT2D eigenvalue weighted by Crippen LogP contribution is 2.28. The van der Waals surface area contributed by atoms with E-state index in [1.54, 1.807) is 19.0 Å². The lowest BCUT2D eigenvalue weighted by Gasteiger charge is -2.44. The third-order valence-electron chi connectivity index (χ3n) is 4.62. The SMILES string of the molecule is COc1ncc(C(=O)N2CCN(C(=O)N(C)C)[C@H]3CS(=O)(=O)C[C@H]32)cn1. The number of hydrogen-bond donors (Lipinski definition) is 0. The van der Waals surface area contributed by atoms with Crippen molar-refractivity contribution in [1.82, 2.24) is 24.7 Å². The van der Waals surface area contributed by atoms with Gasteiger partial charge in [-0.15, -0.1) is 0 Å². The zero-order valence-electron chi connectivity index (χ0n) is 14.8. The number of sulfone groups is 1. The Morgan fingerprint density at radius 3 is 2.19 bits per heavy atom. The molecule has 2 aliphatic rings. The van der Waals surface area contributed by atoms with Gasteiger partial charge in [-0.25, -0.2) is 23.2 Å². The summed E-state index contributed by atoms with van der Waals surface area (Å²) in [6.45, 7) is 0.525. The van der Waals surface area contributed by atoms with Crippen LogP contribution >= 0.6 is 0 Å². The summed E-state index contributed by atoms with van der Waals surface area (Å²) in [7, 11) is 1.32. The van der Waals surface area contributed by atoms with Crippen molar-refractivity contribution in [3.8, 4) is 6.01 Å². The van der Waals surface area contributed by atoms with Crippen LogP contribution in [0.15, 0.2) is 12.4 Å². The number of carbonyl (C=O) groups excluding carboxylic acids is 2. The van der Waals surface area contributed by atoms with Crippen LogP contribution in [-0.2, 0) is 9.84 Å². The van der Waals surface area contributed by atoms with Crippen molar-refractivity contribution in [2.75, 3.05) is 45.8 Å². The Morgan fingerprint density at radius 2 is 1.65 bits per heavy atom. The molecule has 1 aromatic heterocycles. The summed E-state index contributed by atoms with van der Waals surface area (Å²) < 4.78 is 29.3. The summed E-state index contributed by atoms with van der Waals surface area (Å²) in [4.78, 5) is 37.6. The third-order valence-corrected chi connectivity index (χ3v) is 6.32. The van der Waals surface area contributed by atoms with Gasteiger partial charge < -0.3 is 19.4 Å². The molecule has 0 unspecified atom stereocenters. The van der Waals surface area contributed by atoms with Gasteiger partial charge in [0.15, 0.2) is 9.84 Å². The van der Waals surface area contributed by atoms with Crippen molar-refractivity contribution >= 4 is 21.8 Å². The van der Waals surface area contributed by atoms with Crippen molar-refractivity contribution < 1.29 is 22.7 Å². The number of ether oxygens (including phenoxy) is 1. The number of rotatable bonds is 2. The van der Waals surface area contributed by atoms with Gasteiger partial charge in [0.05, 0.1) is 36.3 Å². The highest BCUT2D eigenvalue weighted by Gasteiger charge is 2.49. The molecular formula is C15H21N5O5S. The summed E-state index contributed by atoms with van der Waals surface area (Å²) >= 11 is 0. The van der Waals surface area contributed by atoms with E-state index in [-0.39, 0.29) is 48.1 Å². The van der Waals surface area contributed by atoms with E-state index in [2.05, 4.69) is 9.97 Å². The number of urea groups is 1. The molecule has 2 atom stereocenters. The zero-order valence-corrected chi connectivity index (χ0v) is 15.6. The molecule has 0 spiro atoms. The average Bonchev–Trinajstić information content (AvgIpc) is 2.94. The van der Waals surface area contributed by atoms with Gasteiger partial charge in [0.2, 0.25) is 0 Å². The van der Waals surface area contributed by atoms with Crippen LogP contribution in [0.4, 0.5) is 4.79 Å². The largest absolute Gasteiger partial charge is 0.467 e. The smallest absolute Gasteiger partial charge is 0.319 e. The Labute approximate surface area is 151 Å². The Kier molecular flexibility index (Phi) is 4.74. The van der Waals surface area contributed by atoms with Crippen molar-refractivity contribution in [3.63, 3.8) is 0 Å². The van der Waals surface area contributed by atoms with Gasteiger partial charge in [-0.3, -0.25) is 4.79 Å². The second-order valence-electron chi connectivity index (χ2n) is 6.54. The van der Waals surface area contributed by atoms with E-state index < -0.39 is 21.9 Å². The zero-order chi connectivity index (χ0) is 19.1. The minimum atomic E-state index is -3.34. The van der Waals surface area contributed by atoms with Gasteiger partial charge in [-0.05, 0) is 0 Å². The highest BCUT2D eigenvalue weighted by atomic mass is 32.2. The van der Waals surface area contributed by atoms with Crippen molar-refractivity contribution in [1.29, 1.82) is 0 Å². The van der Waals surface area contributed by atoms with E-state index in [9.17, 15) is 18.0 Å². The molecule has 26 heavy (non-hydrogen) atoms. The summed E-state index contributed by atoms with van der Waals surface area (Å²) in [6, 6.07) is -1.24. The predicted molar refractivity (Wildman–Crippen MR) is 91.6 cm³/mol. The first-order valence-electron chi connectivity index (χ1n) is 8.09. The molecule has 0 radical (unpaired) electrons. The maximum Gasteiger partial charge on any atom is 0.319 e. The molecule has 142 valence electrons. The molecule has 3 amide bonds. The van der Waals surface area contributed by atoms with Crippen molar-refractivity contribution in [2.24, 2.45) is 0 Å². The van der Waals surface area contributed by atoms with Gasteiger partial charge in [-0.2, -0.15) is 0 Å². The van der Waals surface area contributed by atoms with Crippen LogP contribution in [0, 0.1) is 0 Å². The number of amides is 3. The van der Waals surface area contributed by atoms with Gasteiger partial charge >= 0.3 is 12.0 Å². The lowest BCUT2D eigenvalue weighted by Crippen LogP contribution is -2.63. The quantitative estimate of drug-likeness (QED) is 0.650. The standard InChI is InChI=1S/C15H21N5O5S/c1-18(2)15(22)20-5-4-19(11-8-26(23,24)9-12(11)20)13(21)10-6-16-14(25-3)17-7-10/h6-7,11-12H,4-5,8-9H2,1-3H3/t11-,12+/m1/s1. The van der Waals surface area contributed by atoms with Crippen LogP contribution in [0.25, 0.3) is 0 Å². The molecule has 0 aromatic carbocycles. The van der Waals surface area contributed by atoms with E-state index in [1.165, 1.54) is 29.3 Å². The molecule has 0 saturated carbocycles. The Balaban J connectivity index is 1.87. The maximum atomic E-state index is 12.9. The van der Waals surface area contributed by atoms with E-state index in [1.807, 2.05) is 0 Å². The van der Waals surface area contributed by atoms with E-state index in [4.69, 9.17) is 4.74 Å². The topological polar surface area (TPSA) is 113 Å². The molecule has 11 heteroatoms. The number of fused-ring (bicyclic) bond motifs is 1. The average molecular weight is 383 g/mol.